The normalized spacial score (nSPS) is 28.0. The summed E-state index contributed by atoms with van der Waals surface area (Å²) < 4.78 is 0. The molecule has 4 heteroatoms. The third kappa shape index (κ3) is 7.10. The molecular weight excluding hydrogens is 320 g/mol. The summed E-state index contributed by atoms with van der Waals surface area (Å²) >= 11 is 0. The summed E-state index contributed by atoms with van der Waals surface area (Å²) in [5, 5.41) is 0. The molecule has 0 aromatic heterocycles. The van der Waals surface area contributed by atoms with Crippen molar-refractivity contribution in [3.63, 3.8) is 0 Å². The largest absolute Gasteiger partial charge is 0.300 e. The quantitative estimate of drug-likeness (QED) is 0.756. The second kappa shape index (κ2) is 8.06. The molecule has 2 bridgehead atoms. The molecule has 3 fully saturated rings. The predicted molar refractivity (Wildman–Crippen MR) is 113 cm³/mol. The van der Waals surface area contributed by atoms with Gasteiger partial charge in [0.05, 0.1) is 0 Å². The van der Waals surface area contributed by atoms with E-state index in [2.05, 4.69) is 81.9 Å². The summed E-state index contributed by atoms with van der Waals surface area (Å²) in [6, 6.07) is 0. The smallest absolute Gasteiger partial charge is 0.119 e. The van der Waals surface area contributed by atoms with Gasteiger partial charge in [0.2, 0.25) is 0 Å². The molecule has 3 heterocycles. The second-order valence-electron chi connectivity index (χ2n) is 12.3. The van der Waals surface area contributed by atoms with Crippen molar-refractivity contribution in [1.82, 2.24) is 19.6 Å². The Morgan fingerprint density at radius 1 is 0.500 bits per heavy atom. The van der Waals surface area contributed by atoms with Crippen molar-refractivity contribution in [3.05, 3.63) is 0 Å². The molecule has 0 amide bonds. The van der Waals surface area contributed by atoms with Crippen molar-refractivity contribution in [2.45, 2.75) is 68.6 Å². The van der Waals surface area contributed by atoms with Crippen LogP contribution in [-0.2, 0) is 0 Å². The van der Waals surface area contributed by atoms with Crippen LogP contribution >= 0.6 is 0 Å². The Kier molecular flexibility index (Phi) is 6.86. The molecule has 0 N–H and O–H groups in total. The average molecular weight is 367 g/mol. The van der Waals surface area contributed by atoms with Crippen LogP contribution < -0.4 is 0 Å². The van der Waals surface area contributed by atoms with Gasteiger partial charge in [-0.05, 0) is 16.2 Å². The van der Waals surface area contributed by atoms with Gasteiger partial charge in [-0.3, -0.25) is 19.6 Å². The van der Waals surface area contributed by atoms with Gasteiger partial charge in [0.25, 0.3) is 0 Å². The van der Waals surface area contributed by atoms with E-state index < -0.39 is 0 Å². The van der Waals surface area contributed by atoms with Crippen LogP contribution in [0.15, 0.2) is 0 Å². The standard InChI is InChI=1S/C22H46N4/c1-20(2,3)16-24-13-10-23-11-14-25(17-21(4,5)6)19(24)26(15-12-23)18-22(7,8)9/h19H,10-18H2,1-9H3. The van der Waals surface area contributed by atoms with Crippen LogP contribution in [0.5, 0.6) is 0 Å². The van der Waals surface area contributed by atoms with Crippen LogP contribution in [0.3, 0.4) is 0 Å². The van der Waals surface area contributed by atoms with Crippen LogP contribution in [0.2, 0.25) is 0 Å². The van der Waals surface area contributed by atoms with Gasteiger partial charge in [0.1, 0.15) is 6.29 Å². The molecule has 3 aliphatic heterocycles. The Labute approximate surface area is 163 Å². The first kappa shape index (κ1) is 22.1. The number of fused-ring (bicyclic) bond motifs is 6. The van der Waals surface area contributed by atoms with Crippen LogP contribution in [0.1, 0.15) is 62.3 Å². The summed E-state index contributed by atoms with van der Waals surface area (Å²) in [6.45, 7) is 32.1. The topological polar surface area (TPSA) is 13.0 Å². The van der Waals surface area contributed by atoms with Crippen molar-refractivity contribution in [1.29, 1.82) is 0 Å². The molecule has 3 rings (SSSR count). The van der Waals surface area contributed by atoms with Gasteiger partial charge in [0, 0.05) is 58.9 Å². The lowest BCUT2D eigenvalue weighted by molar-refractivity contribution is -0.130. The zero-order valence-corrected chi connectivity index (χ0v) is 19.2. The molecule has 0 atom stereocenters. The minimum atomic E-state index is 0.322. The highest BCUT2D eigenvalue weighted by Crippen LogP contribution is 2.28. The van der Waals surface area contributed by atoms with Gasteiger partial charge in [-0.15, -0.1) is 0 Å². The van der Waals surface area contributed by atoms with E-state index in [0.717, 1.165) is 19.6 Å². The van der Waals surface area contributed by atoms with Gasteiger partial charge < -0.3 is 0 Å². The Hall–Kier alpha value is -0.160. The van der Waals surface area contributed by atoms with Crippen molar-refractivity contribution in [3.8, 4) is 0 Å². The number of rotatable bonds is 3. The zero-order valence-electron chi connectivity index (χ0n) is 19.2. The lowest BCUT2D eigenvalue weighted by Crippen LogP contribution is -2.68. The fourth-order valence-corrected chi connectivity index (χ4v) is 4.49. The van der Waals surface area contributed by atoms with Crippen molar-refractivity contribution in [2.75, 3.05) is 58.9 Å². The van der Waals surface area contributed by atoms with Crippen LogP contribution in [0.4, 0.5) is 0 Å². The minimum absolute atomic E-state index is 0.322. The first-order valence-corrected chi connectivity index (χ1v) is 10.7. The first-order valence-electron chi connectivity index (χ1n) is 10.7. The minimum Gasteiger partial charge on any atom is -0.300 e. The number of nitrogens with zero attached hydrogens (tertiary/aromatic N) is 4. The molecule has 154 valence electrons. The van der Waals surface area contributed by atoms with Crippen molar-refractivity contribution < 1.29 is 0 Å². The maximum atomic E-state index is 2.78. The van der Waals surface area contributed by atoms with Crippen molar-refractivity contribution >= 4 is 0 Å². The van der Waals surface area contributed by atoms with Gasteiger partial charge in [-0.1, -0.05) is 62.3 Å². The second-order valence-corrected chi connectivity index (χ2v) is 12.3. The molecule has 26 heavy (non-hydrogen) atoms. The molecule has 3 saturated heterocycles. The van der Waals surface area contributed by atoms with E-state index in [9.17, 15) is 0 Å². The lowest BCUT2D eigenvalue weighted by Gasteiger charge is -2.54. The highest BCUT2D eigenvalue weighted by molar-refractivity contribution is 4.88. The van der Waals surface area contributed by atoms with E-state index in [0.29, 0.717) is 22.5 Å². The van der Waals surface area contributed by atoms with Crippen LogP contribution in [-0.4, -0.2) is 84.8 Å². The third-order valence-corrected chi connectivity index (χ3v) is 5.12. The number of hydrogen-bond acceptors (Lipinski definition) is 4. The monoisotopic (exact) mass is 366 g/mol. The van der Waals surface area contributed by atoms with E-state index in [1.165, 1.54) is 39.3 Å². The molecule has 0 aromatic carbocycles. The number of hydrogen-bond donors (Lipinski definition) is 0. The van der Waals surface area contributed by atoms with E-state index in [4.69, 9.17) is 0 Å². The Balaban J connectivity index is 2.37. The SMILES string of the molecule is CC(C)(C)CN1CCN2CCN(CC(C)(C)C)C1N(CC(C)(C)C)CC2. The summed E-state index contributed by atoms with van der Waals surface area (Å²) in [4.78, 5) is 11.0. The molecule has 0 saturated carbocycles. The molecule has 0 aromatic rings. The lowest BCUT2D eigenvalue weighted by atomic mass is 9.93. The van der Waals surface area contributed by atoms with Crippen LogP contribution in [0.25, 0.3) is 0 Å². The molecule has 0 radical (unpaired) electrons. The molecule has 0 spiro atoms. The van der Waals surface area contributed by atoms with Crippen molar-refractivity contribution in [2.24, 2.45) is 16.2 Å². The van der Waals surface area contributed by atoms with E-state index in [-0.39, 0.29) is 0 Å². The maximum absolute atomic E-state index is 2.78. The Bertz CT molecular complexity index is 374. The maximum Gasteiger partial charge on any atom is 0.119 e. The fraction of sp³-hybridized carbons (Fsp3) is 1.00. The van der Waals surface area contributed by atoms with Gasteiger partial charge in [-0.2, -0.15) is 0 Å². The molecule has 0 aliphatic carbocycles. The van der Waals surface area contributed by atoms with E-state index >= 15 is 0 Å². The fourth-order valence-electron chi connectivity index (χ4n) is 4.49. The molecular formula is C22H46N4. The Morgan fingerprint density at radius 3 is 1.00 bits per heavy atom. The van der Waals surface area contributed by atoms with E-state index in [1.54, 1.807) is 0 Å². The summed E-state index contributed by atoms with van der Waals surface area (Å²) in [5.74, 6) is 0. The zero-order chi connectivity index (χ0) is 19.8. The van der Waals surface area contributed by atoms with Gasteiger partial charge >= 0.3 is 0 Å². The highest BCUT2D eigenvalue weighted by Gasteiger charge is 2.39. The summed E-state index contributed by atoms with van der Waals surface area (Å²) in [7, 11) is 0. The highest BCUT2D eigenvalue weighted by atomic mass is 15.5. The molecule has 0 unspecified atom stereocenters. The van der Waals surface area contributed by atoms with Gasteiger partial charge in [0.15, 0.2) is 0 Å². The third-order valence-electron chi connectivity index (χ3n) is 5.12. The predicted octanol–water partition coefficient (Wildman–Crippen LogP) is 3.64. The van der Waals surface area contributed by atoms with Crippen LogP contribution in [0, 0.1) is 16.2 Å². The summed E-state index contributed by atoms with van der Waals surface area (Å²) in [5.41, 5.74) is 0.965. The average Bonchev–Trinajstić information content (AvgIpc) is 2.36. The first-order chi connectivity index (χ1) is 11.7. The van der Waals surface area contributed by atoms with E-state index in [1.807, 2.05) is 0 Å². The summed E-state index contributed by atoms with van der Waals surface area (Å²) in [6.07, 6.45) is 0.440. The molecule has 4 nitrogen and oxygen atoms in total. The van der Waals surface area contributed by atoms with Gasteiger partial charge in [-0.25, -0.2) is 0 Å². The molecule has 3 aliphatic rings. The Morgan fingerprint density at radius 2 is 0.769 bits per heavy atom.